The minimum atomic E-state index is -0.0691. The van der Waals surface area contributed by atoms with Crippen LogP contribution in [0.15, 0.2) is 24.4 Å². The van der Waals surface area contributed by atoms with Crippen molar-refractivity contribution in [1.29, 1.82) is 0 Å². The first kappa shape index (κ1) is 19.6. The lowest BCUT2D eigenvalue weighted by molar-refractivity contribution is 0.0595. The van der Waals surface area contributed by atoms with Crippen LogP contribution in [0.3, 0.4) is 0 Å². The summed E-state index contributed by atoms with van der Waals surface area (Å²) in [6.45, 7) is 7.90. The quantitative estimate of drug-likeness (QED) is 0.578. The molecule has 0 saturated heterocycles. The smallest absolute Gasteiger partial charge is 0.259 e. The summed E-state index contributed by atoms with van der Waals surface area (Å²) in [5, 5.41) is 4.46. The third-order valence-corrected chi connectivity index (χ3v) is 7.51. The van der Waals surface area contributed by atoms with Crippen molar-refractivity contribution in [2.75, 3.05) is 19.8 Å². The molecule has 4 heterocycles. The molecule has 3 aliphatic rings. The van der Waals surface area contributed by atoms with Gasteiger partial charge in [-0.3, -0.25) is 4.79 Å². The third-order valence-electron chi connectivity index (χ3n) is 7.51. The highest BCUT2D eigenvalue weighted by Crippen LogP contribution is 2.52. The lowest BCUT2D eigenvalue weighted by Crippen LogP contribution is -2.48. The summed E-state index contributed by atoms with van der Waals surface area (Å²) in [5.74, 6) is 1.62. The largest absolute Gasteiger partial charge is 0.486 e. The monoisotopic (exact) mass is 432 g/mol. The molecule has 1 fully saturated rings. The zero-order valence-corrected chi connectivity index (χ0v) is 18.9. The number of benzene rings is 1. The first-order valence-electron chi connectivity index (χ1n) is 11.5. The van der Waals surface area contributed by atoms with E-state index in [0.29, 0.717) is 31.0 Å². The number of ether oxygens (including phenoxy) is 2. The van der Waals surface area contributed by atoms with Crippen molar-refractivity contribution in [3.05, 3.63) is 52.5 Å². The second-order valence-corrected chi connectivity index (χ2v) is 9.51. The molecular formula is C25H28N4O3. The van der Waals surface area contributed by atoms with E-state index < -0.39 is 0 Å². The van der Waals surface area contributed by atoms with Crippen LogP contribution in [0.4, 0.5) is 0 Å². The maximum Gasteiger partial charge on any atom is 0.259 e. The summed E-state index contributed by atoms with van der Waals surface area (Å²) in [4.78, 5) is 20.6. The van der Waals surface area contributed by atoms with Gasteiger partial charge < -0.3 is 14.4 Å². The van der Waals surface area contributed by atoms with E-state index in [0.717, 1.165) is 35.7 Å². The van der Waals surface area contributed by atoms with E-state index in [1.165, 1.54) is 24.0 Å². The molecule has 166 valence electrons. The molecular weight excluding hydrogens is 404 g/mol. The van der Waals surface area contributed by atoms with Crippen molar-refractivity contribution in [3.8, 4) is 11.5 Å². The zero-order chi connectivity index (χ0) is 22.0. The number of carbonyl (C=O) groups excluding carboxylic acids is 1. The Hall–Kier alpha value is -3.09. The molecule has 1 aliphatic carbocycles. The third kappa shape index (κ3) is 2.76. The molecule has 1 spiro atoms. The van der Waals surface area contributed by atoms with E-state index >= 15 is 0 Å². The Kier molecular flexibility index (Phi) is 4.26. The van der Waals surface area contributed by atoms with Crippen LogP contribution in [0.1, 0.15) is 71.5 Å². The molecule has 0 unspecified atom stereocenters. The predicted octanol–water partition coefficient (Wildman–Crippen LogP) is 4.15. The number of amides is 1. The molecule has 6 rings (SSSR count). The Morgan fingerprint density at radius 2 is 1.81 bits per heavy atom. The number of aryl methyl sites for hydroxylation is 2. The predicted molar refractivity (Wildman–Crippen MR) is 119 cm³/mol. The average Bonchev–Trinajstić information content (AvgIpc) is 3.43. The van der Waals surface area contributed by atoms with Crippen LogP contribution >= 0.6 is 0 Å². The molecule has 0 bridgehead atoms. The maximum absolute atomic E-state index is 13.9. The summed E-state index contributed by atoms with van der Waals surface area (Å²) in [6, 6.07) is 6.21. The molecule has 1 saturated carbocycles. The van der Waals surface area contributed by atoms with Gasteiger partial charge in [-0.15, -0.1) is 0 Å². The van der Waals surface area contributed by atoms with Crippen molar-refractivity contribution in [2.45, 2.75) is 57.9 Å². The van der Waals surface area contributed by atoms with Gasteiger partial charge in [-0.1, -0.05) is 12.8 Å². The maximum atomic E-state index is 13.9. The number of aromatic nitrogens is 3. The lowest BCUT2D eigenvalue weighted by Gasteiger charge is -2.46. The van der Waals surface area contributed by atoms with Crippen LogP contribution in [-0.4, -0.2) is 45.2 Å². The van der Waals surface area contributed by atoms with E-state index in [-0.39, 0.29) is 17.4 Å². The van der Waals surface area contributed by atoms with Gasteiger partial charge in [0.25, 0.3) is 5.91 Å². The summed E-state index contributed by atoms with van der Waals surface area (Å²) >= 11 is 0. The van der Waals surface area contributed by atoms with Gasteiger partial charge in [0, 0.05) is 23.3 Å². The minimum Gasteiger partial charge on any atom is -0.486 e. The van der Waals surface area contributed by atoms with Crippen LogP contribution in [0.2, 0.25) is 0 Å². The van der Waals surface area contributed by atoms with Crippen LogP contribution < -0.4 is 9.47 Å². The molecule has 0 radical (unpaired) electrons. The molecule has 2 aromatic heterocycles. The Labute approximate surface area is 187 Å². The Morgan fingerprint density at radius 1 is 1.09 bits per heavy atom. The van der Waals surface area contributed by atoms with Gasteiger partial charge in [0.2, 0.25) is 0 Å². The number of carbonyl (C=O) groups is 1. The van der Waals surface area contributed by atoms with Gasteiger partial charge >= 0.3 is 0 Å². The van der Waals surface area contributed by atoms with Crippen LogP contribution in [0.5, 0.6) is 11.5 Å². The first-order chi connectivity index (χ1) is 15.5. The van der Waals surface area contributed by atoms with Crippen LogP contribution in [-0.2, 0) is 5.41 Å². The SMILES string of the molecule is Cc1cc(C)n2ncc(C(=O)N3CC4(CCCC4)c4cc5c(cc4[C@@H]3C)OCCO5)c2n1. The first-order valence-corrected chi connectivity index (χ1v) is 11.5. The molecule has 1 aromatic carbocycles. The van der Waals surface area contributed by atoms with E-state index in [1.807, 2.05) is 24.8 Å². The van der Waals surface area contributed by atoms with Gasteiger partial charge in [0.05, 0.1) is 12.2 Å². The Balaban J connectivity index is 1.47. The summed E-state index contributed by atoms with van der Waals surface area (Å²) < 4.78 is 13.6. The van der Waals surface area contributed by atoms with E-state index in [9.17, 15) is 4.79 Å². The zero-order valence-electron chi connectivity index (χ0n) is 18.9. The molecule has 7 heteroatoms. The summed E-state index contributed by atoms with van der Waals surface area (Å²) in [7, 11) is 0. The van der Waals surface area contributed by atoms with E-state index in [2.05, 4.69) is 29.1 Å². The van der Waals surface area contributed by atoms with Crippen molar-refractivity contribution < 1.29 is 14.3 Å². The minimum absolute atomic E-state index is 0.00295. The van der Waals surface area contributed by atoms with Gasteiger partial charge in [0.1, 0.15) is 18.8 Å². The molecule has 7 nitrogen and oxygen atoms in total. The number of hydrogen-bond acceptors (Lipinski definition) is 5. The fraction of sp³-hybridized carbons (Fsp3) is 0.480. The normalized spacial score (nSPS) is 21.2. The van der Waals surface area contributed by atoms with Crippen molar-refractivity contribution in [2.24, 2.45) is 0 Å². The van der Waals surface area contributed by atoms with Crippen molar-refractivity contribution in [3.63, 3.8) is 0 Å². The molecule has 0 N–H and O–H groups in total. The molecule has 32 heavy (non-hydrogen) atoms. The number of fused-ring (bicyclic) bond motifs is 4. The summed E-state index contributed by atoms with van der Waals surface area (Å²) in [6.07, 6.45) is 6.20. The van der Waals surface area contributed by atoms with Crippen LogP contribution in [0, 0.1) is 13.8 Å². The highest BCUT2D eigenvalue weighted by molar-refractivity contribution is 6.00. The lowest BCUT2D eigenvalue weighted by atomic mass is 9.71. The number of nitrogens with zero attached hydrogens (tertiary/aromatic N) is 4. The molecule has 1 amide bonds. The Morgan fingerprint density at radius 3 is 2.56 bits per heavy atom. The van der Waals surface area contributed by atoms with Crippen molar-refractivity contribution in [1.82, 2.24) is 19.5 Å². The fourth-order valence-electron chi connectivity index (χ4n) is 5.93. The fourth-order valence-corrected chi connectivity index (χ4v) is 5.93. The highest BCUT2D eigenvalue weighted by Gasteiger charge is 2.46. The van der Waals surface area contributed by atoms with Gasteiger partial charge in [-0.25, -0.2) is 9.50 Å². The molecule has 1 atom stereocenters. The summed E-state index contributed by atoms with van der Waals surface area (Å²) in [5.41, 5.74) is 5.53. The number of rotatable bonds is 1. The van der Waals surface area contributed by atoms with Gasteiger partial charge in [-0.05, 0) is 62.9 Å². The van der Waals surface area contributed by atoms with Crippen molar-refractivity contribution >= 4 is 11.6 Å². The molecule has 2 aliphatic heterocycles. The topological polar surface area (TPSA) is 69.0 Å². The number of hydrogen-bond donors (Lipinski definition) is 0. The Bertz CT molecular complexity index is 1240. The molecule has 3 aromatic rings. The van der Waals surface area contributed by atoms with Gasteiger partial charge in [-0.2, -0.15) is 5.10 Å². The van der Waals surface area contributed by atoms with E-state index in [1.54, 1.807) is 10.7 Å². The standard InChI is InChI=1S/C25H28N4O3/c1-15-10-16(2)29-23(27-15)19(13-26-29)24(30)28-14-25(6-4-5-7-25)20-12-22-21(31-8-9-32-22)11-18(20)17(28)3/h10-13,17H,4-9,14H2,1-3H3/t17-/m0/s1. The van der Waals surface area contributed by atoms with E-state index in [4.69, 9.17) is 9.47 Å². The second-order valence-electron chi connectivity index (χ2n) is 9.51. The second kappa shape index (κ2) is 6.95. The van der Waals surface area contributed by atoms with Crippen LogP contribution in [0.25, 0.3) is 5.65 Å². The average molecular weight is 433 g/mol. The van der Waals surface area contributed by atoms with Gasteiger partial charge in [0.15, 0.2) is 17.1 Å². The highest BCUT2D eigenvalue weighted by atomic mass is 16.6.